The van der Waals surface area contributed by atoms with E-state index in [9.17, 15) is 14.4 Å². The molecule has 0 spiro atoms. The van der Waals surface area contributed by atoms with Crippen LogP contribution in [0.4, 0.5) is 0 Å². The van der Waals surface area contributed by atoms with Gasteiger partial charge in [0.05, 0.1) is 16.7 Å². The number of carbonyl (C=O) groups excluding carboxylic acids is 2. The van der Waals surface area contributed by atoms with Crippen LogP contribution in [0.1, 0.15) is 40.4 Å². The molecule has 1 aromatic rings. The molecule has 0 aliphatic carbocycles. The third-order valence-electron chi connectivity index (χ3n) is 2.91. The van der Waals surface area contributed by atoms with Crippen molar-refractivity contribution in [2.45, 2.75) is 20.8 Å². The number of hydrogen-bond donors (Lipinski definition) is 3. The molecule has 0 fully saturated rings. The minimum Gasteiger partial charge on any atom is -0.478 e. The van der Waals surface area contributed by atoms with Crippen LogP contribution in [0.2, 0.25) is 0 Å². The topological polar surface area (TPSA) is 122 Å². The molecule has 108 valence electrons. The van der Waals surface area contributed by atoms with Crippen molar-refractivity contribution >= 4 is 17.8 Å². The molecule has 0 aliphatic rings. The number of aryl methyl sites for hydroxylation is 1. The van der Waals surface area contributed by atoms with Crippen molar-refractivity contribution < 1.29 is 19.5 Å². The van der Waals surface area contributed by atoms with Gasteiger partial charge in [-0.25, -0.2) is 9.78 Å². The molecule has 0 atom stereocenters. The third-order valence-corrected chi connectivity index (χ3v) is 2.91. The number of aromatic carboxylic acids is 1. The minimum absolute atomic E-state index is 0.0408. The van der Waals surface area contributed by atoms with E-state index >= 15 is 0 Å². The summed E-state index contributed by atoms with van der Waals surface area (Å²) < 4.78 is 0. The summed E-state index contributed by atoms with van der Waals surface area (Å²) in [6, 6.07) is 2.64. The zero-order chi connectivity index (χ0) is 15.5. The normalized spacial score (nSPS) is 10.9. The lowest BCUT2D eigenvalue weighted by Gasteiger charge is -2.20. The highest BCUT2D eigenvalue weighted by Gasteiger charge is 2.26. The van der Waals surface area contributed by atoms with Gasteiger partial charge in [-0.2, -0.15) is 0 Å². The van der Waals surface area contributed by atoms with Crippen molar-refractivity contribution in [2.75, 3.05) is 6.54 Å². The van der Waals surface area contributed by atoms with E-state index in [0.29, 0.717) is 0 Å². The number of amides is 2. The number of aromatic nitrogens is 1. The van der Waals surface area contributed by atoms with Gasteiger partial charge in [0, 0.05) is 6.54 Å². The van der Waals surface area contributed by atoms with E-state index in [4.69, 9.17) is 10.8 Å². The van der Waals surface area contributed by atoms with Crippen LogP contribution in [-0.4, -0.2) is 34.4 Å². The number of nitrogens with zero attached hydrogens (tertiary/aromatic N) is 1. The Bertz CT molecular complexity index is 567. The molecular formula is C13H17N3O4. The van der Waals surface area contributed by atoms with E-state index in [1.807, 2.05) is 0 Å². The fourth-order valence-electron chi connectivity index (χ4n) is 1.39. The summed E-state index contributed by atoms with van der Waals surface area (Å²) in [4.78, 5) is 37.8. The van der Waals surface area contributed by atoms with Crippen molar-refractivity contribution in [3.05, 3.63) is 29.1 Å². The van der Waals surface area contributed by atoms with Crippen LogP contribution >= 0.6 is 0 Å². The third kappa shape index (κ3) is 3.53. The van der Waals surface area contributed by atoms with Crippen molar-refractivity contribution in [2.24, 2.45) is 11.1 Å². The molecule has 0 saturated heterocycles. The SMILES string of the molecule is Cc1nc(C(=O)NCC(C)(C)C(N)=O)ccc1C(=O)O. The summed E-state index contributed by atoms with van der Waals surface area (Å²) in [5.41, 5.74) is 4.71. The number of rotatable bonds is 5. The number of hydrogen-bond acceptors (Lipinski definition) is 4. The Morgan fingerprint density at radius 3 is 2.40 bits per heavy atom. The van der Waals surface area contributed by atoms with Gasteiger partial charge < -0.3 is 16.2 Å². The van der Waals surface area contributed by atoms with E-state index < -0.39 is 23.2 Å². The second-order valence-electron chi connectivity index (χ2n) is 5.07. The van der Waals surface area contributed by atoms with E-state index in [2.05, 4.69) is 10.3 Å². The first-order valence-corrected chi connectivity index (χ1v) is 5.94. The van der Waals surface area contributed by atoms with Gasteiger partial charge in [0.15, 0.2) is 0 Å². The molecule has 7 heteroatoms. The maximum atomic E-state index is 11.9. The molecule has 0 bridgehead atoms. The number of pyridine rings is 1. The Morgan fingerprint density at radius 2 is 1.95 bits per heavy atom. The molecule has 0 saturated carbocycles. The molecule has 0 aliphatic heterocycles. The zero-order valence-electron chi connectivity index (χ0n) is 11.6. The van der Waals surface area contributed by atoms with Gasteiger partial charge in [-0.05, 0) is 32.9 Å². The largest absolute Gasteiger partial charge is 0.478 e. The van der Waals surface area contributed by atoms with Crippen LogP contribution in [0.25, 0.3) is 0 Å². The Morgan fingerprint density at radius 1 is 1.35 bits per heavy atom. The van der Waals surface area contributed by atoms with Crippen LogP contribution < -0.4 is 11.1 Å². The number of primary amides is 1. The van der Waals surface area contributed by atoms with Gasteiger partial charge in [0.1, 0.15) is 5.69 Å². The van der Waals surface area contributed by atoms with Gasteiger partial charge in [0.2, 0.25) is 5.91 Å². The second-order valence-corrected chi connectivity index (χ2v) is 5.07. The highest BCUT2D eigenvalue weighted by molar-refractivity contribution is 5.94. The van der Waals surface area contributed by atoms with E-state index in [1.54, 1.807) is 13.8 Å². The fraction of sp³-hybridized carbons (Fsp3) is 0.385. The van der Waals surface area contributed by atoms with Crippen LogP contribution in [-0.2, 0) is 4.79 Å². The van der Waals surface area contributed by atoms with E-state index in [-0.39, 0.29) is 23.5 Å². The Labute approximate surface area is 116 Å². The fourth-order valence-corrected chi connectivity index (χ4v) is 1.39. The lowest BCUT2D eigenvalue weighted by molar-refractivity contribution is -0.125. The number of carbonyl (C=O) groups is 3. The smallest absolute Gasteiger partial charge is 0.337 e. The predicted octanol–water partition coefficient (Wildman–Crippen LogP) is 0.330. The summed E-state index contributed by atoms with van der Waals surface area (Å²) in [5.74, 6) is -2.11. The molecule has 4 N–H and O–H groups in total. The number of carboxylic acids is 1. The van der Waals surface area contributed by atoms with Gasteiger partial charge in [-0.15, -0.1) is 0 Å². The molecule has 7 nitrogen and oxygen atoms in total. The molecule has 1 aromatic heterocycles. The monoisotopic (exact) mass is 279 g/mol. The molecule has 20 heavy (non-hydrogen) atoms. The van der Waals surface area contributed by atoms with Crippen LogP contribution in [0.15, 0.2) is 12.1 Å². The summed E-state index contributed by atoms with van der Waals surface area (Å²) in [6.07, 6.45) is 0. The predicted molar refractivity (Wildman–Crippen MR) is 71.2 cm³/mol. The van der Waals surface area contributed by atoms with Crippen molar-refractivity contribution in [1.82, 2.24) is 10.3 Å². The highest BCUT2D eigenvalue weighted by atomic mass is 16.4. The van der Waals surface area contributed by atoms with Gasteiger partial charge in [0.25, 0.3) is 5.91 Å². The average molecular weight is 279 g/mol. The van der Waals surface area contributed by atoms with Crippen molar-refractivity contribution in [3.63, 3.8) is 0 Å². The minimum atomic E-state index is -1.10. The maximum Gasteiger partial charge on any atom is 0.337 e. The highest BCUT2D eigenvalue weighted by Crippen LogP contribution is 2.12. The number of carboxylic acid groups (broad SMARTS) is 1. The average Bonchev–Trinajstić information content (AvgIpc) is 2.35. The van der Waals surface area contributed by atoms with Crippen molar-refractivity contribution in [1.29, 1.82) is 0 Å². The molecule has 0 radical (unpaired) electrons. The van der Waals surface area contributed by atoms with E-state index in [1.165, 1.54) is 19.1 Å². The first-order valence-electron chi connectivity index (χ1n) is 5.94. The standard InChI is InChI=1S/C13H17N3O4/c1-7-8(11(18)19)4-5-9(16-7)10(17)15-6-13(2,3)12(14)20/h4-5H,6H2,1-3H3,(H2,14,20)(H,15,17)(H,18,19). The first-order chi connectivity index (χ1) is 9.15. The summed E-state index contributed by atoms with van der Waals surface area (Å²) in [6.45, 7) is 4.81. The Hall–Kier alpha value is -2.44. The van der Waals surface area contributed by atoms with Gasteiger partial charge >= 0.3 is 5.97 Å². The molecular weight excluding hydrogens is 262 g/mol. The van der Waals surface area contributed by atoms with Crippen LogP contribution in [0, 0.1) is 12.3 Å². The molecule has 1 rings (SSSR count). The summed E-state index contributed by atoms with van der Waals surface area (Å²) >= 11 is 0. The lowest BCUT2D eigenvalue weighted by atomic mass is 9.93. The lowest BCUT2D eigenvalue weighted by Crippen LogP contribution is -2.42. The Kier molecular flexibility index (Phi) is 4.44. The van der Waals surface area contributed by atoms with Crippen molar-refractivity contribution in [3.8, 4) is 0 Å². The van der Waals surface area contributed by atoms with E-state index in [0.717, 1.165) is 0 Å². The molecule has 2 amide bonds. The van der Waals surface area contributed by atoms with Crippen LogP contribution in [0.5, 0.6) is 0 Å². The quantitative estimate of drug-likeness (QED) is 0.716. The zero-order valence-corrected chi connectivity index (χ0v) is 11.6. The first kappa shape index (κ1) is 15.6. The molecule has 0 unspecified atom stereocenters. The summed E-state index contributed by atoms with van der Waals surface area (Å²) in [7, 11) is 0. The van der Waals surface area contributed by atoms with Crippen LogP contribution in [0.3, 0.4) is 0 Å². The molecule has 0 aromatic carbocycles. The Balaban J connectivity index is 2.82. The molecule has 1 heterocycles. The number of nitrogens with two attached hydrogens (primary N) is 1. The van der Waals surface area contributed by atoms with Gasteiger partial charge in [-0.1, -0.05) is 0 Å². The summed E-state index contributed by atoms with van der Waals surface area (Å²) in [5, 5.41) is 11.4. The van der Waals surface area contributed by atoms with Gasteiger partial charge in [-0.3, -0.25) is 9.59 Å². The second kappa shape index (κ2) is 5.68. The number of nitrogens with one attached hydrogen (secondary N) is 1. The maximum absolute atomic E-state index is 11.9.